The van der Waals surface area contributed by atoms with Crippen LogP contribution in [0.3, 0.4) is 0 Å². The molecule has 3 atom stereocenters. The Morgan fingerprint density at radius 2 is 1.14 bits per heavy atom. The zero-order chi connectivity index (χ0) is 44.0. The second-order valence-corrected chi connectivity index (χ2v) is 17.7. The van der Waals surface area contributed by atoms with Gasteiger partial charge in [-0.1, -0.05) is 96.4 Å². The molecule has 3 unspecified atom stereocenters. The Labute approximate surface area is 381 Å². The number of carbonyl (C=O) groups excluding carboxylic acids is 4. The van der Waals surface area contributed by atoms with Gasteiger partial charge in [0.1, 0.15) is 24.4 Å². The smallest absolute Gasteiger partial charge is 0.767 e. The van der Waals surface area contributed by atoms with Crippen LogP contribution in [0.4, 0.5) is 11.4 Å². The molecule has 1 aliphatic heterocycles. The third-order valence-corrected chi connectivity index (χ3v) is 14.8. The SMILES string of the molecule is CC(=O)OC(c1ccc(C(=O)OCc2ccc([N+](=O)[O-])cc2)o1)C1C(=O)N(C(C(=O)OCc2ccc([N+](=O)[O-])cc2)=P(c2ccccc2)(c2ccccc2)c2ccccc2)C1[S-].[Ag+]. The number of hydrogen-bond donors (Lipinski definition) is 0. The molecule has 7 rings (SSSR count). The largest absolute Gasteiger partial charge is 1.00 e. The topological polar surface area (TPSA) is 199 Å². The van der Waals surface area contributed by atoms with E-state index in [-0.39, 0.29) is 63.9 Å². The number of non-ortho nitro benzene ring substituents is 2. The molecule has 6 aromatic rings. The third-order valence-electron chi connectivity index (χ3n) is 10.0. The molecule has 0 saturated carbocycles. The van der Waals surface area contributed by atoms with Crippen molar-refractivity contribution in [3.63, 3.8) is 0 Å². The molecule has 0 radical (unpaired) electrons. The zero-order valence-corrected chi connectivity index (χ0v) is 36.2. The summed E-state index contributed by atoms with van der Waals surface area (Å²) in [6.45, 7) is -2.81. The first-order chi connectivity index (χ1) is 29.9. The van der Waals surface area contributed by atoms with Gasteiger partial charge in [-0.2, -0.15) is 0 Å². The predicted octanol–water partition coefficient (Wildman–Crippen LogP) is 6.25. The molecule has 0 spiro atoms. The van der Waals surface area contributed by atoms with E-state index in [0.717, 1.165) is 6.92 Å². The van der Waals surface area contributed by atoms with Crippen LogP contribution in [0.2, 0.25) is 0 Å². The minimum atomic E-state index is -3.40. The molecule has 1 fully saturated rings. The van der Waals surface area contributed by atoms with Crippen LogP contribution in [0.1, 0.15) is 40.5 Å². The molecule has 324 valence electrons. The number of likely N-dealkylation sites (tertiary alicyclic amines) is 1. The Balaban J connectivity index is 0.00000661. The Morgan fingerprint density at radius 3 is 1.56 bits per heavy atom. The van der Waals surface area contributed by atoms with Gasteiger partial charge in [0.25, 0.3) is 11.4 Å². The van der Waals surface area contributed by atoms with Gasteiger partial charge in [-0.05, 0) is 63.4 Å². The van der Waals surface area contributed by atoms with Gasteiger partial charge in [0, 0.05) is 38.1 Å². The number of nitro benzene ring substituents is 2. The summed E-state index contributed by atoms with van der Waals surface area (Å²) >= 11 is 6.09. The van der Waals surface area contributed by atoms with Gasteiger partial charge < -0.3 is 36.2 Å². The molecule has 0 bridgehead atoms. The number of carbonyl (C=O) groups is 4. The van der Waals surface area contributed by atoms with E-state index in [0.29, 0.717) is 27.0 Å². The summed E-state index contributed by atoms with van der Waals surface area (Å²) < 4.78 is 22.9. The molecule has 1 amide bonds. The zero-order valence-electron chi connectivity index (χ0n) is 33.0. The van der Waals surface area contributed by atoms with Crippen LogP contribution in [-0.4, -0.2) is 49.4 Å². The molecule has 1 saturated heterocycles. The van der Waals surface area contributed by atoms with Crippen molar-refractivity contribution in [1.29, 1.82) is 0 Å². The Bertz CT molecular complexity index is 2600. The number of nitrogens with zero attached hydrogens (tertiary/aromatic N) is 3. The van der Waals surface area contributed by atoms with Crippen molar-refractivity contribution in [2.24, 2.45) is 5.92 Å². The van der Waals surface area contributed by atoms with Gasteiger partial charge in [-0.15, -0.1) is 0 Å². The maximum absolute atomic E-state index is 15.0. The summed E-state index contributed by atoms with van der Waals surface area (Å²) in [6, 6.07) is 41.2. The number of furan rings is 1. The van der Waals surface area contributed by atoms with E-state index in [1.54, 1.807) is 0 Å². The van der Waals surface area contributed by atoms with Gasteiger partial charge in [-0.3, -0.25) is 29.8 Å². The molecular formula is C45H35AgN3O12PS. The Kier molecular flexibility index (Phi) is 14.7. The van der Waals surface area contributed by atoms with E-state index in [2.05, 4.69) is 0 Å². The number of hydrogen-bond acceptors (Lipinski definition) is 13. The van der Waals surface area contributed by atoms with E-state index < -0.39 is 57.9 Å². The molecule has 18 heteroatoms. The molecule has 63 heavy (non-hydrogen) atoms. The first-order valence-corrected chi connectivity index (χ1v) is 21.2. The fraction of sp³-hybridized carbons (Fsp3) is 0.133. The minimum Gasteiger partial charge on any atom is -0.767 e. The van der Waals surface area contributed by atoms with Gasteiger partial charge in [0.2, 0.25) is 11.7 Å². The van der Waals surface area contributed by atoms with E-state index in [4.69, 9.17) is 31.3 Å². The third kappa shape index (κ3) is 9.60. The fourth-order valence-corrected chi connectivity index (χ4v) is 12.0. The first kappa shape index (κ1) is 46.0. The van der Waals surface area contributed by atoms with Crippen molar-refractivity contribution in [1.82, 2.24) is 4.90 Å². The van der Waals surface area contributed by atoms with E-state index >= 15 is 4.79 Å². The maximum atomic E-state index is 15.0. The van der Waals surface area contributed by atoms with Gasteiger partial charge in [-0.25, -0.2) is 9.59 Å². The summed E-state index contributed by atoms with van der Waals surface area (Å²) in [5.74, 6) is -4.92. The molecular weight excluding hydrogens is 945 g/mol. The van der Waals surface area contributed by atoms with Crippen LogP contribution in [0.5, 0.6) is 0 Å². The number of esters is 3. The van der Waals surface area contributed by atoms with Crippen LogP contribution in [0, 0.1) is 26.1 Å². The van der Waals surface area contributed by atoms with Gasteiger partial charge >= 0.3 is 40.3 Å². The first-order valence-electron chi connectivity index (χ1n) is 18.9. The van der Waals surface area contributed by atoms with Crippen LogP contribution in [0.25, 0.3) is 0 Å². The normalized spacial score (nSPS) is 14.9. The summed E-state index contributed by atoms with van der Waals surface area (Å²) in [6.07, 6.45) is -1.44. The van der Waals surface area contributed by atoms with Crippen molar-refractivity contribution in [2.75, 3.05) is 0 Å². The average Bonchev–Trinajstić information content (AvgIpc) is 3.79. The summed E-state index contributed by atoms with van der Waals surface area (Å²) in [4.78, 5) is 78.1. The summed E-state index contributed by atoms with van der Waals surface area (Å²) in [5.41, 5.74) is 0.588. The Morgan fingerprint density at radius 1 is 0.698 bits per heavy atom. The number of nitro groups is 2. The second-order valence-electron chi connectivity index (χ2n) is 13.9. The van der Waals surface area contributed by atoms with Crippen LogP contribution in [-0.2, 0) is 76.8 Å². The van der Waals surface area contributed by atoms with Crippen LogP contribution < -0.4 is 15.9 Å². The number of rotatable bonds is 15. The molecule has 2 heterocycles. The van der Waals surface area contributed by atoms with Crippen LogP contribution in [0.15, 0.2) is 156 Å². The van der Waals surface area contributed by atoms with Crippen LogP contribution >= 0.6 is 6.89 Å². The van der Waals surface area contributed by atoms with Crippen molar-refractivity contribution in [3.8, 4) is 0 Å². The second kappa shape index (κ2) is 20.1. The van der Waals surface area contributed by atoms with Gasteiger partial charge in [0.15, 0.2) is 6.10 Å². The Hall–Kier alpha value is -6.55. The molecule has 1 aromatic heterocycles. The quantitative estimate of drug-likeness (QED) is 0.0164. The van der Waals surface area contributed by atoms with Crippen molar-refractivity contribution < 1.29 is 70.0 Å². The molecule has 0 aliphatic carbocycles. The average molecular weight is 981 g/mol. The van der Waals surface area contributed by atoms with Gasteiger partial charge in [0.05, 0.1) is 15.8 Å². The minimum absolute atomic E-state index is 0. The number of ether oxygens (including phenoxy) is 3. The van der Waals surface area contributed by atoms with E-state index in [1.165, 1.54) is 65.6 Å². The molecule has 5 aromatic carbocycles. The molecule has 15 nitrogen and oxygen atoms in total. The number of benzene rings is 5. The maximum Gasteiger partial charge on any atom is 1.00 e. The predicted molar refractivity (Wildman–Crippen MR) is 230 cm³/mol. The fourth-order valence-electron chi connectivity index (χ4n) is 7.12. The molecule has 1 aliphatic rings. The summed E-state index contributed by atoms with van der Waals surface area (Å²) in [5, 5.41) is 23.2. The standard InChI is InChI=1S/C45H36N3O12PS.Ag/c1-29(49)59-40(37-25-26-38(60-37)44(51)57-27-30-17-21-32(22-18-30)47(53)54)39-41(50)46(43(39)62)42(45(52)58-28-31-19-23-33(24-20-31)48(55)56)61(34-11-5-2-6-12-34,35-13-7-3-8-14-35)36-15-9-4-10-16-36;/h2-26,39-40,43,62H,27-28H2,1H3;/q;+1/p-1. The number of amides is 1. The summed E-state index contributed by atoms with van der Waals surface area (Å²) in [7, 11) is 0. The monoisotopic (exact) mass is 979 g/mol. The van der Waals surface area contributed by atoms with E-state index in [1.807, 2.05) is 91.0 Å². The van der Waals surface area contributed by atoms with Crippen molar-refractivity contribution >= 4 is 76.0 Å². The molecule has 0 N–H and O–H groups in total. The van der Waals surface area contributed by atoms with Crippen molar-refractivity contribution in [3.05, 3.63) is 195 Å². The number of β-lactam (4-membered cyclic amide) rings is 1. The van der Waals surface area contributed by atoms with E-state index in [9.17, 15) is 34.6 Å². The van der Waals surface area contributed by atoms with Crippen molar-refractivity contribution in [2.45, 2.75) is 31.6 Å².